The van der Waals surface area contributed by atoms with Crippen molar-refractivity contribution in [2.24, 2.45) is 0 Å². The molecule has 0 saturated carbocycles. The Hall–Kier alpha value is -2.07. The van der Waals surface area contributed by atoms with Crippen LogP contribution in [0.3, 0.4) is 0 Å². The minimum Gasteiger partial charge on any atom is -0.399 e. The van der Waals surface area contributed by atoms with E-state index in [1.807, 2.05) is 12.1 Å². The van der Waals surface area contributed by atoms with Crippen LogP contribution in [0, 0.1) is 0 Å². The molecule has 4 nitrogen and oxygen atoms in total. The van der Waals surface area contributed by atoms with Crippen molar-refractivity contribution in [3.8, 4) is 0 Å². The van der Waals surface area contributed by atoms with Gasteiger partial charge >= 0.3 is 0 Å². The fourth-order valence-corrected chi connectivity index (χ4v) is 1.84. The maximum atomic E-state index is 5.87. The molecule has 0 aliphatic heterocycles. The summed E-state index contributed by atoms with van der Waals surface area (Å²) in [6.07, 6.45) is 0. The van der Waals surface area contributed by atoms with Crippen LogP contribution in [-0.2, 0) is 6.54 Å². The van der Waals surface area contributed by atoms with E-state index in [0.717, 1.165) is 11.3 Å². The van der Waals surface area contributed by atoms with E-state index in [1.54, 1.807) is 24.3 Å². The van der Waals surface area contributed by atoms with Gasteiger partial charge in [-0.2, -0.15) is 0 Å². The van der Waals surface area contributed by atoms with Crippen LogP contribution in [0.25, 0.3) is 0 Å². The second-order valence-corrected chi connectivity index (χ2v) is 4.48. The number of hydrogen-bond donors (Lipinski definition) is 4. The summed E-state index contributed by atoms with van der Waals surface area (Å²) in [4.78, 5) is 0. The van der Waals surface area contributed by atoms with Gasteiger partial charge in [0.2, 0.25) is 0 Å². The molecule has 0 spiro atoms. The summed E-state index contributed by atoms with van der Waals surface area (Å²) in [6.45, 7) is 0.558. The summed E-state index contributed by atoms with van der Waals surface area (Å²) in [6, 6.07) is 10.7. The average Bonchev–Trinajstić information content (AvgIpc) is 2.32. The molecule has 0 amide bonds. The summed E-state index contributed by atoms with van der Waals surface area (Å²) in [5.41, 5.74) is 21.2. The summed E-state index contributed by atoms with van der Waals surface area (Å²) >= 11 is 5.84. The van der Waals surface area contributed by atoms with Gasteiger partial charge in [-0.05, 0) is 42.0 Å². The lowest BCUT2D eigenvalue weighted by atomic mass is 10.1. The molecule has 0 heterocycles. The summed E-state index contributed by atoms with van der Waals surface area (Å²) in [5.74, 6) is 0. The number of anilines is 4. The van der Waals surface area contributed by atoms with Crippen molar-refractivity contribution in [2.45, 2.75) is 6.54 Å². The highest BCUT2D eigenvalue weighted by Crippen LogP contribution is 2.24. The lowest BCUT2D eigenvalue weighted by molar-refractivity contribution is 1.16. The zero-order valence-corrected chi connectivity index (χ0v) is 10.5. The molecule has 7 N–H and O–H groups in total. The molecule has 0 unspecified atom stereocenters. The fourth-order valence-electron chi connectivity index (χ4n) is 1.66. The molecule has 94 valence electrons. The van der Waals surface area contributed by atoms with Gasteiger partial charge in [0.25, 0.3) is 0 Å². The van der Waals surface area contributed by atoms with E-state index < -0.39 is 0 Å². The molecule has 0 fully saturated rings. The summed E-state index contributed by atoms with van der Waals surface area (Å²) < 4.78 is 0. The summed E-state index contributed by atoms with van der Waals surface area (Å²) in [5, 5.41) is 3.82. The molecule has 2 rings (SSSR count). The predicted octanol–water partition coefficient (Wildman–Crippen LogP) is 2.70. The molecular formula is C13H15ClN4. The minimum atomic E-state index is 0.558. The first-order chi connectivity index (χ1) is 8.56. The number of benzene rings is 2. The molecule has 0 radical (unpaired) electrons. The van der Waals surface area contributed by atoms with Gasteiger partial charge in [0.15, 0.2) is 0 Å². The lowest BCUT2D eigenvalue weighted by Gasteiger charge is -2.11. The zero-order valence-electron chi connectivity index (χ0n) is 9.78. The third-order valence-corrected chi connectivity index (χ3v) is 2.89. The van der Waals surface area contributed by atoms with E-state index in [0.29, 0.717) is 28.6 Å². The van der Waals surface area contributed by atoms with Crippen LogP contribution < -0.4 is 22.5 Å². The van der Waals surface area contributed by atoms with Crippen molar-refractivity contribution in [2.75, 3.05) is 22.5 Å². The van der Waals surface area contributed by atoms with Crippen molar-refractivity contribution in [1.29, 1.82) is 0 Å². The Morgan fingerprint density at radius 2 is 1.72 bits per heavy atom. The Kier molecular flexibility index (Phi) is 3.48. The number of rotatable bonds is 3. The van der Waals surface area contributed by atoms with Crippen LogP contribution in [0.2, 0.25) is 5.02 Å². The highest BCUT2D eigenvalue weighted by atomic mass is 35.5. The Bertz CT molecular complexity index is 569. The second kappa shape index (κ2) is 5.06. The van der Waals surface area contributed by atoms with E-state index >= 15 is 0 Å². The standard InChI is InChI=1S/C13H15ClN4/c14-9-1-4-13(12(17)6-9)18-7-8-5-10(15)2-3-11(8)16/h1-6,18H,7,15-17H2. The number of nitrogen functional groups attached to an aromatic ring is 3. The predicted molar refractivity (Wildman–Crippen MR) is 78.5 cm³/mol. The first-order valence-corrected chi connectivity index (χ1v) is 5.87. The first kappa shape index (κ1) is 12.4. The van der Waals surface area contributed by atoms with E-state index in [2.05, 4.69) is 5.32 Å². The molecule has 0 atom stereocenters. The second-order valence-electron chi connectivity index (χ2n) is 4.04. The molecule has 2 aromatic carbocycles. The number of hydrogen-bond acceptors (Lipinski definition) is 4. The fraction of sp³-hybridized carbons (Fsp3) is 0.0769. The van der Waals surface area contributed by atoms with E-state index in [4.69, 9.17) is 28.8 Å². The first-order valence-electron chi connectivity index (χ1n) is 5.49. The van der Waals surface area contributed by atoms with Crippen LogP contribution in [0.5, 0.6) is 0 Å². The SMILES string of the molecule is Nc1ccc(N)c(CNc2ccc(Cl)cc2N)c1. The molecule has 2 aromatic rings. The molecule has 0 aromatic heterocycles. The normalized spacial score (nSPS) is 10.3. The highest BCUT2D eigenvalue weighted by molar-refractivity contribution is 6.31. The minimum absolute atomic E-state index is 0.558. The van der Waals surface area contributed by atoms with Gasteiger partial charge in [0.1, 0.15) is 0 Å². The third-order valence-electron chi connectivity index (χ3n) is 2.65. The molecule has 0 saturated heterocycles. The largest absolute Gasteiger partial charge is 0.399 e. The average molecular weight is 263 g/mol. The highest BCUT2D eigenvalue weighted by Gasteiger charge is 2.02. The van der Waals surface area contributed by atoms with Crippen LogP contribution in [0.15, 0.2) is 36.4 Å². The third kappa shape index (κ3) is 2.78. The molecule has 18 heavy (non-hydrogen) atoms. The molecule has 0 aliphatic rings. The van der Waals surface area contributed by atoms with Crippen LogP contribution in [-0.4, -0.2) is 0 Å². The van der Waals surface area contributed by atoms with E-state index in [9.17, 15) is 0 Å². The van der Waals surface area contributed by atoms with Gasteiger partial charge in [-0.25, -0.2) is 0 Å². The van der Waals surface area contributed by atoms with Gasteiger partial charge in [-0.1, -0.05) is 11.6 Å². The smallest absolute Gasteiger partial charge is 0.0577 e. The van der Waals surface area contributed by atoms with E-state index in [-0.39, 0.29) is 0 Å². The van der Waals surface area contributed by atoms with Gasteiger partial charge in [-0.3, -0.25) is 0 Å². The number of nitrogens with one attached hydrogen (secondary N) is 1. The van der Waals surface area contributed by atoms with Crippen molar-refractivity contribution in [1.82, 2.24) is 0 Å². The van der Waals surface area contributed by atoms with Crippen molar-refractivity contribution in [3.05, 3.63) is 47.0 Å². The van der Waals surface area contributed by atoms with Crippen LogP contribution >= 0.6 is 11.6 Å². The lowest BCUT2D eigenvalue weighted by Crippen LogP contribution is -2.05. The van der Waals surface area contributed by atoms with Gasteiger partial charge in [0, 0.05) is 22.9 Å². The Balaban J connectivity index is 2.13. The van der Waals surface area contributed by atoms with E-state index in [1.165, 1.54) is 0 Å². The summed E-state index contributed by atoms with van der Waals surface area (Å²) in [7, 11) is 0. The molecule has 5 heteroatoms. The Morgan fingerprint density at radius 1 is 0.944 bits per heavy atom. The van der Waals surface area contributed by atoms with Gasteiger partial charge in [0.05, 0.1) is 11.4 Å². The van der Waals surface area contributed by atoms with Crippen LogP contribution in [0.1, 0.15) is 5.56 Å². The monoisotopic (exact) mass is 262 g/mol. The molecule has 0 aliphatic carbocycles. The van der Waals surface area contributed by atoms with Gasteiger partial charge < -0.3 is 22.5 Å². The number of nitrogens with two attached hydrogens (primary N) is 3. The maximum Gasteiger partial charge on any atom is 0.0577 e. The molecule has 0 bridgehead atoms. The van der Waals surface area contributed by atoms with Crippen molar-refractivity contribution >= 4 is 34.4 Å². The van der Waals surface area contributed by atoms with Crippen molar-refractivity contribution in [3.63, 3.8) is 0 Å². The Labute approximate surface area is 111 Å². The van der Waals surface area contributed by atoms with Crippen molar-refractivity contribution < 1.29 is 0 Å². The topological polar surface area (TPSA) is 90.1 Å². The van der Waals surface area contributed by atoms with Crippen LogP contribution in [0.4, 0.5) is 22.7 Å². The zero-order chi connectivity index (χ0) is 13.1. The maximum absolute atomic E-state index is 5.87. The molecular weight excluding hydrogens is 248 g/mol. The quantitative estimate of drug-likeness (QED) is 0.640. The Morgan fingerprint density at radius 3 is 2.44 bits per heavy atom. The van der Waals surface area contributed by atoms with Gasteiger partial charge in [-0.15, -0.1) is 0 Å². The number of halogens is 1.